The Kier molecular flexibility index (Phi) is 4.62. The van der Waals surface area contributed by atoms with Gasteiger partial charge in [-0.3, -0.25) is 0 Å². The van der Waals surface area contributed by atoms with Gasteiger partial charge < -0.3 is 10.2 Å². The molecular formula is C13H22N4O2S. The monoisotopic (exact) mass is 298 g/mol. The molecule has 0 aromatic carbocycles. The van der Waals surface area contributed by atoms with E-state index in [0.29, 0.717) is 5.82 Å². The van der Waals surface area contributed by atoms with Crippen molar-refractivity contribution in [2.24, 2.45) is 0 Å². The summed E-state index contributed by atoms with van der Waals surface area (Å²) >= 11 is 0. The molecule has 2 heterocycles. The Morgan fingerprint density at radius 3 is 2.90 bits per heavy atom. The Bertz CT molecular complexity index is 561. The molecule has 1 aliphatic heterocycles. The van der Waals surface area contributed by atoms with Crippen LogP contribution in [0.2, 0.25) is 0 Å². The SMILES string of the molecule is CNc1ncccc1S(=O)(=O)N(C)C1CCCN(C)C1. The van der Waals surface area contributed by atoms with Gasteiger partial charge in [0.2, 0.25) is 10.0 Å². The third-order valence-corrected chi connectivity index (χ3v) is 5.72. The fourth-order valence-electron chi connectivity index (χ4n) is 2.57. The van der Waals surface area contributed by atoms with Gasteiger partial charge in [0.25, 0.3) is 0 Å². The van der Waals surface area contributed by atoms with Crippen molar-refractivity contribution < 1.29 is 8.42 Å². The molecule has 6 nitrogen and oxygen atoms in total. The van der Waals surface area contributed by atoms with Gasteiger partial charge in [-0.2, -0.15) is 4.31 Å². The number of likely N-dealkylation sites (tertiary alicyclic amines) is 1. The Labute approximate surface area is 120 Å². The first-order valence-corrected chi connectivity index (χ1v) is 8.20. The number of nitrogens with zero attached hydrogens (tertiary/aromatic N) is 3. The van der Waals surface area contributed by atoms with Crippen LogP contribution < -0.4 is 5.32 Å². The van der Waals surface area contributed by atoms with Crippen LogP contribution in [-0.4, -0.2) is 62.9 Å². The van der Waals surface area contributed by atoms with Gasteiger partial charge in [0, 0.05) is 32.9 Å². The summed E-state index contributed by atoms with van der Waals surface area (Å²) in [6.07, 6.45) is 3.50. The lowest BCUT2D eigenvalue weighted by Gasteiger charge is -2.35. The fourth-order valence-corrected chi connectivity index (χ4v) is 4.10. The van der Waals surface area contributed by atoms with Crippen molar-refractivity contribution in [3.63, 3.8) is 0 Å². The molecule has 1 aromatic heterocycles. The summed E-state index contributed by atoms with van der Waals surface area (Å²) in [7, 11) is 1.84. The molecule has 1 atom stereocenters. The predicted molar refractivity (Wildman–Crippen MR) is 79.3 cm³/mol. The van der Waals surface area contributed by atoms with Crippen molar-refractivity contribution >= 4 is 15.8 Å². The number of aromatic nitrogens is 1. The topological polar surface area (TPSA) is 65.5 Å². The molecule has 0 bridgehead atoms. The van der Waals surface area contributed by atoms with Crippen LogP contribution in [0.1, 0.15) is 12.8 Å². The lowest BCUT2D eigenvalue weighted by molar-refractivity contribution is 0.187. The van der Waals surface area contributed by atoms with Gasteiger partial charge in [-0.05, 0) is 38.6 Å². The Hall–Kier alpha value is -1.18. The Morgan fingerprint density at radius 2 is 2.25 bits per heavy atom. The fraction of sp³-hybridized carbons (Fsp3) is 0.615. The molecule has 1 N–H and O–H groups in total. The maximum atomic E-state index is 12.7. The van der Waals surface area contributed by atoms with Crippen LogP contribution in [0.4, 0.5) is 5.82 Å². The van der Waals surface area contributed by atoms with Gasteiger partial charge in [0.15, 0.2) is 0 Å². The van der Waals surface area contributed by atoms with Crippen molar-refractivity contribution in [3.05, 3.63) is 18.3 Å². The molecule has 0 aliphatic carbocycles. The molecular weight excluding hydrogens is 276 g/mol. The number of nitrogens with one attached hydrogen (secondary N) is 1. The molecule has 1 aromatic rings. The van der Waals surface area contributed by atoms with E-state index in [4.69, 9.17) is 0 Å². The van der Waals surface area contributed by atoms with Crippen LogP contribution in [-0.2, 0) is 10.0 Å². The maximum absolute atomic E-state index is 12.7. The first-order chi connectivity index (χ1) is 9.46. The summed E-state index contributed by atoms with van der Waals surface area (Å²) in [5.74, 6) is 0.392. The van der Waals surface area contributed by atoms with E-state index in [0.717, 1.165) is 25.9 Å². The molecule has 1 fully saturated rings. The van der Waals surface area contributed by atoms with E-state index in [-0.39, 0.29) is 10.9 Å². The van der Waals surface area contributed by atoms with Crippen LogP contribution >= 0.6 is 0 Å². The molecule has 0 saturated carbocycles. The molecule has 20 heavy (non-hydrogen) atoms. The Morgan fingerprint density at radius 1 is 1.50 bits per heavy atom. The van der Waals surface area contributed by atoms with Crippen LogP contribution in [0, 0.1) is 0 Å². The number of likely N-dealkylation sites (N-methyl/N-ethyl adjacent to an activating group) is 2. The summed E-state index contributed by atoms with van der Waals surface area (Å²) in [4.78, 5) is 6.48. The summed E-state index contributed by atoms with van der Waals surface area (Å²) < 4.78 is 27.0. The van der Waals surface area contributed by atoms with E-state index in [9.17, 15) is 8.42 Å². The van der Waals surface area contributed by atoms with E-state index in [2.05, 4.69) is 15.2 Å². The number of hydrogen-bond acceptors (Lipinski definition) is 5. The standard InChI is InChI=1S/C13H22N4O2S/c1-14-13-12(7-4-8-15-13)20(18,19)17(3)11-6-5-9-16(2)10-11/h4,7-8,11H,5-6,9-10H2,1-3H3,(H,14,15). The molecule has 1 aliphatic rings. The number of anilines is 1. The zero-order valence-electron chi connectivity index (χ0n) is 12.2. The van der Waals surface area contributed by atoms with Crippen LogP contribution in [0.5, 0.6) is 0 Å². The van der Waals surface area contributed by atoms with Crippen molar-refractivity contribution in [2.45, 2.75) is 23.8 Å². The molecule has 0 amide bonds. The predicted octanol–water partition coefficient (Wildman–Crippen LogP) is 0.838. The molecule has 1 saturated heterocycles. The Balaban J connectivity index is 2.29. The molecule has 0 spiro atoms. The average molecular weight is 298 g/mol. The van der Waals surface area contributed by atoms with E-state index in [1.54, 1.807) is 32.4 Å². The molecule has 0 radical (unpaired) electrons. The number of hydrogen-bond donors (Lipinski definition) is 1. The first-order valence-electron chi connectivity index (χ1n) is 6.76. The van der Waals surface area contributed by atoms with Crippen LogP contribution in [0.15, 0.2) is 23.2 Å². The largest absolute Gasteiger partial charge is 0.372 e. The molecule has 112 valence electrons. The highest BCUT2D eigenvalue weighted by atomic mass is 32.2. The third kappa shape index (κ3) is 2.94. The number of pyridine rings is 1. The molecule has 2 rings (SSSR count). The van der Waals surface area contributed by atoms with Gasteiger partial charge in [-0.15, -0.1) is 0 Å². The van der Waals surface area contributed by atoms with Crippen LogP contribution in [0.25, 0.3) is 0 Å². The van der Waals surface area contributed by atoms with Crippen molar-refractivity contribution in [1.29, 1.82) is 0 Å². The van der Waals surface area contributed by atoms with E-state index >= 15 is 0 Å². The molecule has 1 unspecified atom stereocenters. The third-order valence-electron chi connectivity index (χ3n) is 3.78. The van der Waals surface area contributed by atoms with Crippen LogP contribution in [0.3, 0.4) is 0 Å². The van der Waals surface area contributed by atoms with Gasteiger partial charge in [-0.1, -0.05) is 0 Å². The summed E-state index contributed by atoms with van der Waals surface area (Å²) in [5, 5.41) is 2.84. The van der Waals surface area contributed by atoms with Gasteiger partial charge in [-0.25, -0.2) is 13.4 Å². The number of rotatable bonds is 4. The number of sulfonamides is 1. The number of piperidine rings is 1. The first kappa shape index (κ1) is 15.2. The van der Waals surface area contributed by atoms with Gasteiger partial charge in [0.1, 0.15) is 10.7 Å². The lowest BCUT2D eigenvalue weighted by atomic mass is 10.1. The minimum Gasteiger partial charge on any atom is -0.372 e. The highest BCUT2D eigenvalue weighted by Gasteiger charge is 2.32. The van der Waals surface area contributed by atoms with Gasteiger partial charge in [0.05, 0.1) is 0 Å². The smallest absolute Gasteiger partial charge is 0.246 e. The highest BCUT2D eigenvalue weighted by Crippen LogP contribution is 2.25. The van der Waals surface area contributed by atoms with Crippen molar-refractivity contribution in [2.75, 3.05) is 39.5 Å². The minimum atomic E-state index is -3.52. The second-order valence-corrected chi connectivity index (χ2v) is 7.15. The lowest BCUT2D eigenvalue weighted by Crippen LogP contribution is -2.47. The zero-order valence-corrected chi connectivity index (χ0v) is 13.0. The highest BCUT2D eigenvalue weighted by molar-refractivity contribution is 7.89. The minimum absolute atomic E-state index is 0.0173. The maximum Gasteiger partial charge on any atom is 0.246 e. The normalized spacial score (nSPS) is 21.1. The van der Waals surface area contributed by atoms with E-state index < -0.39 is 10.0 Å². The summed E-state index contributed by atoms with van der Waals surface area (Å²) in [6, 6.07) is 3.26. The van der Waals surface area contributed by atoms with Crippen molar-refractivity contribution in [3.8, 4) is 0 Å². The zero-order chi connectivity index (χ0) is 14.8. The van der Waals surface area contributed by atoms with E-state index in [1.165, 1.54) is 4.31 Å². The van der Waals surface area contributed by atoms with Gasteiger partial charge >= 0.3 is 0 Å². The second kappa shape index (κ2) is 6.07. The molecule has 7 heteroatoms. The quantitative estimate of drug-likeness (QED) is 0.892. The average Bonchev–Trinajstić information content (AvgIpc) is 2.46. The summed E-state index contributed by atoms with van der Waals surface area (Å²) in [5.41, 5.74) is 0. The second-order valence-electron chi connectivity index (χ2n) is 5.18. The summed E-state index contributed by atoms with van der Waals surface area (Å²) in [6.45, 7) is 1.80. The van der Waals surface area contributed by atoms with E-state index in [1.807, 2.05) is 7.05 Å². The van der Waals surface area contributed by atoms with Crippen molar-refractivity contribution in [1.82, 2.24) is 14.2 Å².